The summed E-state index contributed by atoms with van der Waals surface area (Å²) < 4.78 is 0. The topological polar surface area (TPSA) is 73.7 Å². The molecule has 0 saturated heterocycles. The summed E-state index contributed by atoms with van der Waals surface area (Å²) in [4.78, 5) is 17.0. The number of aromatic carboxylic acids is 1. The van der Waals surface area contributed by atoms with Crippen molar-refractivity contribution in [2.45, 2.75) is 20.4 Å². The normalized spacial score (nSPS) is 10.5. The predicted octanol–water partition coefficient (Wildman–Crippen LogP) is 2.88. The largest absolute Gasteiger partial charge is 0.508 e. The second kappa shape index (κ2) is 5.92. The van der Waals surface area contributed by atoms with Crippen LogP contribution in [-0.2, 0) is 6.54 Å². The first-order chi connectivity index (χ1) is 9.51. The summed E-state index contributed by atoms with van der Waals surface area (Å²) in [6.07, 6.45) is 0. The van der Waals surface area contributed by atoms with Crippen LogP contribution in [0.4, 0.5) is 5.69 Å². The Bertz CT molecular complexity index is 625. The van der Waals surface area contributed by atoms with E-state index < -0.39 is 5.97 Å². The molecule has 0 aliphatic rings. The third kappa shape index (κ3) is 3.08. The standard InChI is InChI=1S/C14H16N2O3S/c1-3-16(12-6-11(17)5-4-9(12)2)7-10-8-20-13(15-10)14(18)19/h4-6,8,17H,3,7H2,1-2H3,(H,18,19). The monoisotopic (exact) mass is 292 g/mol. The highest BCUT2D eigenvalue weighted by Crippen LogP contribution is 2.26. The van der Waals surface area contributed by atoms with Gasteiger partial charge in [0.2, 0.25) is 5.01 Å². The van der Waals surface area contributed by atoms with E-state index in [9.17, 15) is 9.90 Å². The lowest BCUT2D eigenvalue weighted by Crippen LogP contribution is -2.23. The molecule has 0 atom stereocenters. The van der Waals surface area contributed by atoms with Crippen molar-refractivity contribution in [3.63, 3.8) is 0 Å². The smallest absolute Gasteiger partial charge is 0.365 e. The summed E-state index contributed by atoms with van der Waals surface area (Å²) in [6.45, 7) is 5.24. The summed E-state index contributed by atoms with van der Waals surface area (Å²) in [5.74, 6) is -0.786. The summed E-state index contributed by atoms with van der Waals surface area (Å²) in [5, 5.41) is 20.4. The second-order valence-electron chi connectivity index (χ2n) is 4.43. The van der Waals surface area contributed by atoms with Crippen molar-refractivity contribution in [1.29, 1.82) is 0 Å². The lowest BCUT2D eigenvalue weighted by Gasteiger charge is -2.24. The number of carboxylic acid groups (broad SMARTS) is 1. The predicted molar refractivity (Wildman–Crippen MR) is 78.6 cm³/mol. The molecular weight excluding hydrogens is 276 g/mol. The summed E-state index contributed by atoms with van der Waals surface area (Å²) in [6, 6.07) is 5.22. The van der Waals surface area contributed by atoms with E-state index in [0.29, 0.717) is 6.54 Å². The van der Waals surface area contributed by atoms with Crippen molar-refractivity contribution in [3.05, 3.63) is 39.8 Å². The van der Waals surface area contributed by atoms with E-state index in [1.54, 1.807) is 17.5 Å². The maximum atomic E-state index is 10.8. The molecule has 106 valence electrons. The van der Waals surface area contributed by atoms with Crippen LogP contribution in [0.1, 0.15) is 28.0 Å². The Balaban J connectivity index is 2.23. The highest BCUT2D eigenvalue weighted by Gasteiger charge is 2.13. The number of rotatable bonds is 5. The third-order valence-corrected chi connectivity index (χ3v) is 3.88. The summed E-state index contributed by atoms with van der Waals surface area (Å²) in [7, 11) is 0. The van der Waals surface area contributed by atoms with Gasteiger partial charge in [-0.15, -0.1) is 11.3 Å². The van der Waals surface area contributed by atoms with Crippen molar-refractivity contribution in [2.24, 2.45) is 0 Å². The minimum Gasteiger partial charge on any atom is -0.508 e. The van der Waals surface area contributed by atoms with Crippen LogP contribution >= 0.6 is 11.3 Å². The minimum absolute atomic E-state index is 0.101. The molecule has 1 aromatic carbocycles. The lowest BCUT2D eigenvalue weighted by molar-refractivity contribution is 0.0696. The van der Waals surface area contributed by atoms with Crippen LogP contribution in [0, 0.1) is 6.92 Å². The maximum Gasteiger partial charge on any atom is 0.365 e. The number of carbonyl (C=O) groups is 1. The molecule has 0 fully saturated rings. The van der Waals surface area contributed by atoms with Gasteiger partial charge in [0.05, 0.1) is 12.2 Å². The van der Waals surface area contributed by atoms with Gasteiger partial charge in [0.1, 0.15) is 5.75 Å². The van der Waals surface area contributed by atoms with Gasteiger partial charge in [0.25, 0.3) is 0 Å². The van der Waals surface area contributed by atoms with Crippen LogP contribution in [0.3, 0.4) is 0 Å². The van der Waals surface area contributed by atoms with Gasteiger partial charge < -0.3 is 15.1 Å². The van der Waals surface area contributed by atoms with Crippen LogP contribution < -0.4 is 4.90 Å². The Morgan fingerprint density at radius 2 is 2.20 bits per heavy atom. The number of aromatic hydroxyl groups is 1. The second-order valence-corrected chi connectivity index (χ2v) is 5.29. The maximum absolute atomic E-state index is 10.8. The molecule has 1 aromatic heterocycles. The van der Waals surface area contributed by atoms with Gasteiger partial charge in [-0.3, -0.25) is 0 Å². The Morgan fingerprint density at radius 1 is 1.45 bits per heavy atom. The zero-order valence-electron chi connectivity index (χ0n) is 11.3. The average Bonchev–Trinajstić information content (AvgIpc) is 2.88. The first kappa shape index (κ1) is 14.3. The number of carboxylic acids is 1. The fourth-order valence-corrected chi connectivity index (χ4v) is 2.62. The first-order valence-electron chi connectivity index (χ1n) is 6.23. The number of hydrogen-bond donors (Lipinski definition) is 2. The van der Waals surface area contributed by atoms with Crippen molar-refractivity contribution < 1.29 is 15.0 Å². The SMILES string of the molecule is CCN(Cc1csc(C(=O)O)n1)c1cc(O)ccc1C. The number of phenolic OH excluding ortho intramolecular Hbond substituents is 1. The molecule has 0 amide bonds. The molecule has 5 nitrogen and oxygen atoms in total. The van der Waals surface area contributed by atoms with E-state index in [1.165, 1.54) is 0 Å². The first-order valence-corrected chi connectivity index (χ1v) is 7.11. The van der Waals surface area contributed by atoms with Gasteiger partial charge in [0, 0.05) is 23.7 Å². The number of thiazole rings is 1. The van der Waals surface area contributed by atoms with E-state index in [4.69, 9.17) is 5.11 Å². The molecule has 20 heavy (non-hydrogen) atoms. The number of benzene rings is 1. The van der Waals surface area contributed by atoms with Crippen LogP contribution in [0.25, 0.3) is 0 Å². The van der Waals surface area contributed by atoms with Gasteiger partial charge in [0.15, 0.2) is 0 Å². The number of aryl methyl sites for hydroxylation is 1. The molecule has 0 aliphatic heterocycles. The fourth-order valence-electron chi connectivity index (χ4n) is 1.98. The number of nitrogens with zero attached hydrogens (tertiary/aromatic N) is 2. The number of hydrogen-bond acceptors (Lipinski definition) is 5. The number of aromatic nitrogens is 1. The molecule has 0 aliphatic carbocycles. The molecule has 0 bridgehead atoms. The Kier molecular flexibility index (Phi) is 4.24. The third-order valence-electron chi connectivity index (χ3n) is 3.00. The van der Waals surface area contributed by atoms with Gasteiger partial charge in [-0.2, -0.15) is 0 Å². The zero-order chi connectivity index (χ0) is 14.7. The quantitative estimate of drug-likeness (QED) is 0.886. The average molecular weight is 292 g/mol. The fraction of sp³-hybridized carbons (Fsp3) is 0.286. The van der Waals surface area contributed by atoms with Gasteiger partial charge in [-0.05, 0) is 25.5 Å². The summed E-state index contributed by atoms with van der Waals surface area (Å²) in [5.41, 5.74) is 2.70. The van der Waals surface area contributed by atoms with Crippen LogP contribution in [0.5, 0.6) is 5.75 Å². The molecular formula is C14H16N2O3S. The zero-order valence-corrected chi connectivity index (χ0v) is 12.1. The van der Waals surface area contributed by atoms with Crippen molar-refractivity contribution in [3.8, 4) is 5.75 Å². The minimum atomic E-state index is -1.00. The molecule has 2 rings (SSSR count). The Labute approximate surface area is 121 Å². The van der Waals surface area contributed by atoms with E-state index in [1.807, 2.05) is 19.9 Å². The Morgan fingerprint density at radius 3 is 2.80 bits per heavy atom. The van der Waals surface area contributed by atoms with Crippen molar-refractivity contribution in [1.82, 2.24) is 4.98 Å². The highest BCUT2D eigenvalue weighted by molar-refractivity contribution is 7.11. The number of phenols is 1. The van der Waals surface area contributed by atoms with E-state index in [2.05, 4.69) is 9.88 Å². The van der Waals surface area contributed by atoms with Gasteiger partial charge in [-0.1, -0.05) is 6.07 Å². The molecule has 0 saturated carbocycles. The van der Waals surface area contributed by atoms with Crippen LogP contribution in [0.15, 0.2) is 23.6 Å². The van der Waals surface area contributed by atoms with E-state index in [0.717, 1.165) is 34.8 Å². The summed E-state index contributed by atoms with van der Waals surface area (Å²) >= 11 is 1.13. The van der Waals surface area contributed by atoms with Crippen molar-refractivity contribution in [2.75, 3.05) is 11.4 Å². The van der Waals surface area contributed by atoms with Gasteiger partial charge >= 0.3 is 5.97 Å². The number of anilines is 1. The Hall–Kier alpha value is -2.08. The molecule has 1 heterocycles. The molecule has 0 spiro atoms. The molecule has 2 N–H and O–H groups in total. The van der Waals surface area contributed by atoms with E-state index >= 15 is 0 Å². The molecule has 0 radical (unpaired) electrons. The lowest BCUT2D eigenvalue weighted by atomic mass is 10.1. The van der Waals surface area contributed by atoms with Crippen LogP contribution in [-0.4, -0.2) is 27.7 Å². The molecule has 2 aromatic rings. The van der Waals surface area contributed by atoms with E-state index in [-0.39, 0.29) is 10.8 Å². The van der Waals surface area contributed by atoms with Crippen molar-refractivity contribution >= 4 is 23.0 Å². The molecule has 0 unspecified atom stereocenters. The van der Waals surface area contributed by atoms with Crippen LogP contribution in [0.2, 0.25) is 0 Å². The highest BCUT2D eigenvalue weighted by atomic mass is 32.1. The van der Waals surface area contributed by atoms with Gasteiger partial charge in [-0.25, -0.2) is 9.78 Å². The molecule has 6 heteroatoms.